The zero-order chi connectivity index (χ0) is 25.4. The molecule has 1 aliphatic rings. The minimum absolute atomic E-state index is 0.0321. The average molecular weight is 484 g/mol. The zero-order valence-corrected chi connectivity index (χ0v) is 20.7. The summed E-state index contributed by atoms with van der Waals surface area (Å²) in [5.74, 6) is -0.792. The van der Waals surface area contributed by atoms with Gasteiger partial charge in [-0.05, 0) is 59.9 Å². The normalized spacial score (nSPS) is 13.5. The quantitative estimate of drug-likeness (QED) is 0.427. The van der Waals surface area contributed by atoms with E-state index in [1.807, 2.05) is 30.5 Å². The van der Waals surface area contributed by atoms with Gasteiger partial charge in [0.1, 0.15) is 5.52 Å². The van der Waals surface area contributed by atoms with Crippen molar-refractivity contribution in [1.29, 1.82) is 0 Å². The number of fused-ring (bicyclic) bond motifs is 2. The van der Waals surface area contributed by atoms with Crippen LogP contribution in [0.25, 0.3) is 33.5 Å². The Kier molecular flexibility index (Phi) is 6.28. The summed E-state index contributed by atoms with van der Waals surface area (Å²) in [7, 11) is 3.48. The highest BCUT2D eigenvalue weighted by Gasteiger charge is 2.20. The summed E-state index contributed by atoms with van der Waals surface area (Å²) in [4.78, 5) is 39.8. The van der Waals surface area contributed by atoms with Crippen molar-refractivity contribution >= 4 is 23.0 Å². The molecule has 8 nitrogen and oxygen atoms in total. The van der Waals surface area contributed by atoms with Crippen LogP contribution in [0.15, 0.2) is 48.8 Å². The van der Waals surface area contributed by atoms with Crippen LogP contribution in [0.1, 0.15) is 33.5 Å². The highest BCUT2D eigenvalue weighted by molar-refractivity contribution is 5.96. The molecule has 36 heavy (non-hydrogen) atoms. The van der Waals surface area contributed by atoms with Gasteiger partial charge in [0.15, 0.2) is 5.65 Å². The van der Waals surface area contributed by atoms with E-state index in [-0.39, 0.29) is 12.3 Å². The van der Waals surface area contributed by atoms with E-state index >= 15 is 0 Å². The maximum Gasteiger partial charge on any atom is 0.304 e. The number of rotatable bonds is 6. The predicted molar refractivity (Wildman–Crippen MR) is 139 cm³/mol. The number of nitrogens with zero attached hydrogens (tertiary/aromatic N) is 4. The highest BCUT2D eigenvalue weighted by atomic mass is 16.4. The molecule has 0 saturated carbocycles. The number of carbonyl (C=O) groups excluding carboxylic acids is 1. The molecule has 0 aliphatic carbocycles. The summed E-state index contributed by atoms with van der Waals surface area (Å²) in [6.07, 6.45) is 4.74. The smallest absolute Gasteiger partial charge is 0.304 e. The first-order chi connectivity index (χ1) is 17.3. The molecule has 0 fully saturated rings. The molecule has 1 aliphatic heterocycles. The van der Waals surface area contributed by atoms with Gasteiger partial charge in [-0.2, -0.15) is 0 Å². The maximum atomic E-state index is 12.2. The first-order valence-electron chi connectivity index (χ1n) is 12.0. The summed E-state index contributed by atoms with van der Waals surface area (Å²) in [5.41, 5.74) is 9.62. The third kappa shape index (κ3) is 4.59. The Hall–Kier alpha value is -4.04. The minimum atomic E-state index is -0.760. The van der Waals surface area contributed by atoms with Gasteiger partial charge >= 0.3 is 5.97 Å². The third-order valence-corrected chi connectivity index (χ3v) is 6.81. The molecule has 8 heteroatoms. The van der Waals surface area contributed by atoms with Gasteiger partial charge in [0.2, 0.25) is 0 Å². The van der Waals surface area contributed by atoms with Crippen LogP contribution >= 0.6 is 0 Å². The number of carbonyl (C=O) groups is 2. The van der Waals surface area contributed by atoms with Crippen molar-refractivity contribution in [3.8, 4) is 22.4 Å². The lowest BCUT2D eigenvalue weighted by atomic mass is 9.92. The molecule has 4 aromatic rings. The van der Waals surface area contributed by atoms with E-state index < -0.39 is 5.97 Å². The maximum absolute atomic E-state index is 12.2. The summed E-state index contributed by atoms with van der Waals surface area (Å²) in [6.45, 7) is 4.29. The second-order valence-electron chi connectivity index (χ2n) is 9.53. The Bertz CT molecular complexity index is 1460. The summed E-state index contributed by atoms with van der Waals surface area (Å²) < 4.78 is 0. The van der Waals surface area contributed by atoms with Crippen molar-refractivity contribution in [2.75, 3.05) is 27.2 Å². The minimum Gasteiger partial charge on any atom is -0.481 e. The van der Waals surface area contributed by atoms with Crippen LogP contribution in [0.3, 0.4) is 0 Å². The predicted octanol–water partition coefficient (Wildman–Crippen LogP) is 4.13. The number of aromatic nitrogens is 3. The van der Waals surface area contributed by atoms with E-state index in [1.54, 1.807) is 25.2 Å². The van der Waals surface area contributed by atoms with Gasteiger partial charge in [0.05, 0.1) is 18.3 Å². The third-order valence-electron chi connectivity index (χ3n) is 6.81. The van der Waals surface area contributed by atoms with Crippen LogP contribution in [0.5, 0.6) is 0 Å². The molecule has 0 saturated heterocycles. The molecule has 0 spiro atoms. The summed E-state index contributed by atoms with van der Waals surface area (Å²) in [6, 6.07) is 11.9. The van der Waals surface area contributed by atoms with E-state index in [0.717, 1.165) is 47.4 Å². The Morgan fingerprint density at radius 2 is 1.92 bits per heavy atom. The first-order valence-corrected chi connectivity index (χ1v) is 12.0. The van der Waals surface area contributed by atoms with Crippen molar-refractivity contribution in [3.63, 3.8) is 0 Å². The Balaban J connectivity index is 1.45. The highest BCUT2D eigenvalue weighted by Crippen LogP contribution is 2.31. The molecule has 0 radical (unpaired) electrons. The fourth-order valence-corrected chi connectivity index (χ4v) is 4.81. The lowest BCUT2D eigenvalue weighted by Crippen LogP contribution is -2.32. The average Bonchev–Trinajstić information content (AvgIpc) is 3.30. The topological polar surface area (TPSA) is 102 Å². The fraction of sp³-hybridized carbons (Fsp3) is 0.286. The number of hydrogen-bond acceptors (Lipinski definition) is 5. The molecule has 184 valence electrons. The number of hydrogen-bond donors (Lipinski definition) is 2. The lowest BCUT2D eigenvalue weighted by molar-refractivity contribution is -0.137. The van der Waals surface area contributed by atoms with Gasteiger partial charge in [0.25, 0.3) is 5.91 Å². The molecule has 2 aromatic carbocycles. The number of nitrogens with one attached hydrogen (secondary N) is 1. The van der Waals surface area contributed by atoms with Crippen LogP contribution in [-0.2, 0) is 17.8 Å². The number of amides is 1. The molecule has 5 rings (SSSR count). The standard InChI is InChI=1S/C28H29N5O3/c1-17-12-21(13-20-8-10-33(16-23(17)20)11-9-25(34)35)24-15-30-27-26(31-24)22(14-29-27)18-4-6-19(7-5-18)28(36)32(2)3/h4-7,12-15H,8-11,16H2,1-3H3,(H,29,30)(H,34,35). The van der Waals surface area contributed by atoms with Crippen molar-refractivity contribution < 1.29 is 14.7 Å². The van der Waals surface area contributed by atoms with E-state index in [2.05, 4.69) is 33.9 Å². The number of carboxylic acid groups (broad SMARTS) is 1. The monoisotopic (exact) mass is 483 g/mol. The van der Waals surface area contributed by atoms with Crippen LogP contribution in [0.4, 0.5) is 0 Å². The SMILES string of the molecule is Cc1cc(-c2cnc3[nH]cc(-c4ccc(C(=O)N(C)C)cc4)c3n2)cc2c1CN(CCC(=O)O)CC2. The Morgan fingerprint density at radius 1 is 1.14 bits per heavy atom. The molecule has 1 amide bonds. The zero-order valence-electron chi connectivity index (χ0n) is 20.7. The molecule has 2 aromatic heterocycles. The van der Waals surface area contributed by atoms with E-state index in [0.29, 0.717) is 17.8 Å². The molecule has 0 bridgehead atoms. The summed E-state index contributed by atoms with van der Waals surface area (Å²) >= 11 is 0. The van der Waals surface area contributed by atoms with E-state index in [1.165, 1.54) is 16.7 Å². The first kappa shape index (κ1) is 23.7. The number of H-pyrrole nitrogens is 1. The number of aromatic amines is 1. The van der Waals surface area contributed by atoms with Crippen molar-refractivity contribution in [2.45, 2.75) is 26.3 Å². The largest absolute Gasteiger partial charge is 0.481 e. The van der Waals surface area contributed by atoms with Crippen LogP contribution in [0, 0.1) is 6.92 Å². The number of benzene rings is 2. The van der Waals surface area contributed by atoms with Crippen molar-refractivity contribution in [3.05, 3.63) is 71.0 Å². The van der Waals surface area contributed by atoms with Crippen LogP contribution in [0.2, 0.25) is 0 Å². The van der Waals surface area contributed by atoms with Gasteiger partial charge < -0.3 is 15.0 Å². The molecular formula is C28H29N5O3. The Labute approximate surface area is 209 Å². The number of carboxylic acids is 1. The van der Waals surface area contributed by atoms with Crippen molar-refractivity contribution in [1.82, 2.24) is 24.8 Å². The summed E-state index contributed by atoms with van der Waals surface area (Å²) in [5, 5.41) is 9.01. The van der Waals surface area contributed by atoms with E-state index in [4.69, 9.17) is 10.1 Å². The van der Waals surface area contributed by atoms with Crippen LogP contribution in [-0.4, -0.2) is 68.9 Å². The number of aryl methyl sites for hydroxylation is 1. The molecule has 0 atom stereocenters. The molecule has 0 unspecified atom stereocenters. The van der Waals surface area contributed by atoms with Gasteiger partial charge in [0, 0.05) is 56.6 Å². The Morgan fingerprint density at radius 3 is 2.64 bits per heavy atom. The molecule has 3 heterocycles. The lowest BCUT2D eigenvalue weighted by Gasteiger charge is -2.30. The number of aliphatic carboxylic acids is 1. The van der Waals surface area contributed by atoms with Crippen molar-refractivity contribution in [2.24, 2.45) is 0 Å². The van der Waals surface area contributed by atoms with Crippen LogP contribution < -0.4 is 0 Å². The molecule has 2 N–H and O–H groups in total. The second-order valence-corrected chi connectivity index (χ2v) is 9.53. The van der Waals surface area contributed by atoms with Gasteiger partial charge in [-0.3, -0.25) is 14.5 Å². The molecular weight excluding hydrogens is 454 g/mol. The fourth-order valence-electron chi connectivity index (χ4n) is 4.81. The van der Waals surface area contributed by atoms with Gasteiger partial charge in [-0.15, -0.1) is 0 Å². The van der Waals surface area contributed by atoms with Gasteiger partial charge in [-0.1, -0.05) is 12.1 Å². The van der Waals surface area contributed by atoms with E-state index in [9.17, 15) is 9.59 Å². The second kappa shape index (κ2) is 9.54. The van der Waals surface area contributed by atoms with Gasteiger partial charge in [-0.25, -0.2) is 9.97 Å².